The zero-order chi connectivity index (χ0) is 54.5. The van der Waals surface area contributed by atoms with Crippen LogP contribution in [0.1, 0.15) is 187 Å². The topological polar surface area (TPSA) is 306 Å². The summed E-state index contributed by atoms with van der Waals surface area (Å²) in [5, 5.41) is 41.8. The summed E-state index contributed by atoms with van der Waals surface area (Å²) < 4.78 is 56.6. The lowest BCUT2D eigenvalue weighted by atomic mass is 10.0. The quantitative estimate of drug-likeness (QED) is 0.0138. The van der Waals surface area contributed by atoms with E-state index in [1.807, 2.05) is 12.2 Å². The molecule has 8 N–H and O–H groups in total. The van der Waals surface area contributed by atoms with Crippen LogP contribution >= 0.6 is 15.6 Å². The first kappa shape index (κ1) is 66.8. The van der Waals surface area contributed by atoms with Crippen molar-refractivity contribution in [3.05, 3.63) is 71.4 Å². The smallest absolute Gasteiger partial charge is 0.462 e. The SMILES string of the molecule is CCCCC/C=C\C/C=C\C/C=C\CC(O)C(O)CCCC(=O)OC[C@H](COP(=O)(O)OP(=O)(O)OC[C@H]1O[C@@H](n2ccc(N)nc2=O)[C@H](O)[C@@H]1O)OC(=O)CCCCCCCCC/C=C\CCCCCCCC. The molecule has 1 aliphatic rings. The molecule has 2 heterocycles. The number of nitrogens with zero attached hydrogens (tertiary/aromatic N) is 2. The average Bonchev–Trinajstić information content (AvgIpc) is 3.63. The van der Waals surface area contributed by atoms with E-state index in [0.717, 1.165) is 75.0 Å². The van der Waals surface area contributed by atoms with Gasteiger partial charge in [0.1, 0.15) is 30.7 Å². The molecule has 0 aromatic carbocycles. The second-order valence-corrected chi connectivity index (χ2v) is 21.7. The Morgan fingerprint density at radius 2 is 1.23 bits per heavy atom. The van der Waals surface area contributed by atoms with Gasteiger partial charge in [-0.05, 0) is 83.1 Å². The predicted molar refractivity (Wildman–Crippen MR) is 282 cm³/mol. The first-order valence-corrected chi connectivity index (χ1v) is 29.8. The Morgan fingerprint density at radius 1 is 0.703 bits per heavy atom. The van der Waals surface area contributed by atoms with E-state index in [9.17, 15) is 53.7 Å². The number of allylic oxidation sites excluding steroid dienone is 7. The first-order chi connectivity index (χ1) is 35.5. The molecular formula is C52H89N3O17P2. The Hall–Kier alpha value is -3.36. The van der Waals surface area contributed by atoms with Crippen molar-refractivity contribution in [2.75, 3.05) is 25.6 Å². The van der Waals surface area contributed by atoms with Gasteiger partial charge in [-0.15, -0.1) is 0 Å². The molecule has 74 heavy (non-hydrogen) atoms. The van der Waals surface area contributed by atoms with Crippen molar-refractivity contribution in [1.82, 2.24) is 9.55 Å². The molecule has 1 saturated heterocycles. The number of nitrogen functional groups attached to an aromatic ring is 1. The summed E-state index contributed by atoms with van der Waals surface area (Å²) in [5.41, 5.74) is 4.57. The number of phosphoric acid groups is 2. The molecule has 1 aromatic rings. The number of ether oxygens (including phenoxy) is 3. The fourth-order valence-corrected chi connectivity index (χ4v) is 9.87. The molecule has 20 nitrogen and oxygen atoms in total. The van der Waals surface area contributed by atoms with Gasteiger partial charge >= 0.3 is 33.3 Å². The van der Waals surface area contributed by atoms with Crippen molar-refractivity contribution in [2.45, 2.75) is 224 Å². The molecule has 0 aliphatic carbocycles. The molecule has 424 valence electrons. The normalized spacial score (nSPS) is 20.1. The van der Waals surface area contributed by atoms with Crippen molar-refractivity contribution in [1.29, 1.82) is 0 Å². The van der Waals surface area contributed by atoms with E-state index in [1.54, 1.807) is 6.08 Å². The number of carbonyl (C=O) groups is 2. The van der Waals surface area contributed by atoms with Crippen molar-refractivity contribution < 1.29 is 76.5 Å². The molecule has 22 heteroatoms. The van der Waals surface area contributed by atoms with Gasteiger partial charge in [0.25, 0.3) is 0 Å². The summed E-state index contributed by atoms with van der Waals surface area (Å²) >= 11 is 0. The first-order valence-electron chi connectivity index (χ1n) is 26.8. The molecule has 4 unspecified atom stereocenters. The number of nitrogens with two attached hydrogens (primary N) is 1. The van der Waals surface area contributed by atoms with Gasteiger partial charge < -0.3 is 50.2 Å². The van der Waals surface area contributed by atoms with E-state index in [4.69, 9.17) is 29.0 Å². The number of aromatic nitrogens is 2. The van der Waals surface area contributed by atoms with E-state index in [2.05, 4.69) is 53.5 Å². The Bertz CT molecular complexity index is 1970. The summed E-state index contributed by atoms with van der Waals surface area (Å²) in [6.45, 7) is 1.85. The summed E-state index contributed by atoms with van der Waals surface area (Å²) in [7, 11) is -11.0. The maximum absolute atomic E-state index is 12.9. The zero-order valence-corrected chi connectivity index (χ0v) is 45.7. The minimum Gasteiger partial charge on any atom is -0.462 e. The predicted octanol–water partition coefficient (Wildman–Crippen LogP) is 9.28. The highest BCUT2D eigenvalue weighted by Gasteiger charge is 2.46. The monoisotopic (exact) mass is 1090 g/mol. The number of aliphatic hydroxyl groups is 4. The van der Waals surface area contributed by atoms with Crippen molar-refractivity contribution in [3.8, 4) is 0 Å². The molecule has 0 spiro atoms. The number of unbranched alkanes of at least 4 members (excludes halogenated alkanes) is 16. The Labute approximate surface area is 438 Å². The van der Waals surface area contributed by atoms with E-state index in [-0.39, 0.29) is 37.9 Å². The van der Waals surface area contributed by atoms with Crippen LogP contribution in [0.15, 0.2) is 65.7 Å². The fraction of sp³-hybridized carbons (Fsp3) is 0.731. The summed E-state index contributed by atoms with van der Waals surface area (Å²) in [6, 6.07) is 1.23. The van der Waals surface area contributed by atoms with E-state index in [1.165, 1.54) is 63.9 Å². The van der Waals surface area contributed by atoms with Crippen LogP contribution in [0, 0.1) is 0 Å². The average molecular weight is 1090 g/mol. The Balaban J connectivity index is 1.85. The Morgan fingerprint density at radius 3 is 1.86 bits per heavy atom. The zero-order valence-electron chi connectivity index (χ0n) is 43.9. The number of hydrogen-bond acceptors (Lipinski definition) is 17. The number of hydrogen-bond donors (Lipinski definition) is 7. The third-order valence-corrected chi connectivity index (χ3v) is 14.7. The molecule has 0 radical (unpaired) electrons. The van der Waals surface area contributed by atoms with Crippen LogP contribution < -0.4 is 11.4 Å². The van der Waals surface area contributed by atoms with Crippen LogP contribution in [0.3, 0.4) is 0 Å². The minimum atomic E-state index is -5.49. The second kappa shape index (κ2) is 39.9. The highest BCUT2D eigenvalue weighted by Crippen LogP contribution is 2.60. The number of aliphatic hydroxyl groups excluding tert-OH is 4. The highest BCUT2D eigenvalue weighted by atomic mass is 31.3. The largest absolute Gasteiger partial charge is 0.481 e. The van der Waals surface area contributed by atoms with Crippen molar-refractivity contribution in [3.63, 3.8) is 0 Å². The number of carbonyl (C=O) groups excluding carboxylic acids is 2. The molecule has 9 atom stereocenters. The van der Waals surface area contributed by atoms with Gasteiger partial charge in [0, 0.05) is 19.0 Å². The molecular weight excluding hydrogens is 1000 g/mol. The van der Waals surface area contributed by atoms with Crippen LogP contribution in [-0.2, 0) is 46.3 Å². The van der Waals surface area contributed by atoms with Gasteiger partial charge in [-0.2, -0.15) is 9.29 Å². The molecule has 2 rings (SSSR count). The lowest BCUT2D eigenvalue weighted by Crippen LogP contribution is -2.36. The summed E-state index contributed by atoms with van der Waals surface area (Å²) in [6.07, 6.45) is 30.5. The van der Waals surface area contributed by atoms with Gasteiger partial charge in [-0.1, -0.05) is 140 Å². The molecule has 1 aliphatic heterocycles. The highest BCUT2D eigenvalue weighted by molar-refractivity contribution is 7.61. The van der Waals surface area contributed by atoms with Crippen molar-refractivity contribution >= 4 is 33.4 Å². The number of rotatable bonds is 44. The van der Waals surface area contributed by atoms with Gasteiger partial charge in [-0.25, -0.2) is 13.9 Å². The molecule has 0 bridgehead atoms. The molecule has 1 fully saturated rings. The molecule has 1 aromatic heterocycles. The lowest BCUT2D eigenvalue weighted by molar-refractivity contribution is -0.161. The van der Waals surface area contributed by atoms with Crippen LogP contribution in [0.5, 0.6) is 0 Å². The summed E-state index contributed by atoms with van der Waals surface area (Å²) in [4.78, 5) is 62.0. The van der Waals surface area contributed by atoms with E-state index in [0.29, 0.717) is 12.8 Å². The van der Waals surface area contributed by atoms with Gasteiger partial charge in [0.05, 0.1) is 25.4 Å². The van der Waals surface area contributed by atoms with Crippen molar-refractivity contribution in [2.24, 2.45) is 0 Å². The Kier molecular flexibility index (Phi) is 36.0. The molecule has 0 amide bonds. The maximum Gasteiger partial charge on any atom is 0.481 e. The van der Waals surface area contributed by atoms with Gasteiger partial charge in [0.2, 0.25) is 0 Å². The standard InChI is InChI=1S/C52H89N3O17P2/c1-3-5-7-9-11-13-15-17-18-19-20-21-23-25-27-29-31-35-48(59)70-42(39-67-47(58)36-32-34-44(57)43(56)33-30-28-26-24-22-16-14-12-10-8-6-4-2)40-68-73(63,64)72-74(65,66)69-41-45-49(60)50(61)51(71-45)55-38-37-46(53)54-52(55)62/h12,14,17-18,22,24,28,30,37-38,42-45,49-51,56-57,60-61H,3-11,13,15-16,19-21,23,25-27,29,31-36,39-41H2,1-2H3,(H,63,64)(H,65,66)(H2,53,54,62)/b14-12-,18-17-,24-22-,30-28-/t42-,43?,44?,45-,49-,50-,51-/m1/s1. The van der Waals surface area contributed by atoms with E-state index >= 15 is 0 Å². The second-order valence-electron chi connectivity index (χ2n) is 18.7. The summed E-state index contributed by atoms with van der Waals surface area (Å²) in [5.74, 6) is -1.60. The number of anilines is 1. The minimum absolute atomic E-state index is 0.0160. The lowest BCUT2D eigenvalue weighted by Gasteiger charge is -2.21. The van der Waals surface area contributed by atoms with E-state index < -0.39 is 95.9 Å². The van der Waals surface area contributed by atoms with Crippen LogP contribution in [0.25, 0.3) is 0 Å². The van der Waals surface area contributed by atoms with Gasteiger partial charge in [0.15, 0.2) is 12.3 Å². The third-order valence-electron chi connectivity index (χ3n) is 12.1. The van der Waals surface area contributed by atoms with Crippen LogP contribution in [-0.4, -0.2) is 108 Å². The van der Waals surface area contributed by atoms with Crippen LogP contribution in [0.4, 0.5) is 5.82 Å². The third kappa shape index (κ3) is 31.6. The number of phosphoric ester groups is 2. The fourth-order valence-electron chi connectivity index (χ4n) is 7.76. The maximum atomic E-state index is 12.9. The number of esters is 2. The molecule has 0 saturated carbocycles. The van der Waals surface area contributed by atoms with Crippen LogP contribution in [0.2, 0.25) is 0 Å². The van der Waals surface area contributed by atoms with Gasteiger partial charge in [-0.3, -0.25) is 23.2 Å².